The molecule has 15 heavy (non-hydrogen) atoms. The molecule has 6 heteroatoms. The summed E-state index contributed by atoms with van der Waals surface area (Å²) < 4.78 is 25.0. The van der Waals surface area contributed by atoms with Crippen molar-refractivity contribution >= 4 is 21.6 Å². The van der Waals surface area contributed by atoms with E-state index < -0.39 is 16.1 Å². The molecule has 0 aliphatic rings. The Kier molecular flexibility index (Phi) is 7.52. The summed E-state index contributed by atoms with van der Waals surface area (Å²) in [5.41, 5.74) is 0. The number of alkyl halides is 1. The molecule has 0 rings (SSSR count). The number of nitrogens with one attached hydrogen (secondary N) is 1. The maximum Gasteiger partial charge on any atom is 0.211 e. The summed E-state index contributed by atoms with van der Waals surface area (Å²) in [6.07, 6.45) is 0.408. The third kappa shape index (κ3) is 9.11. The van der Waals surface area contributed by atoms with E-state index in [0.717, 1.165) is 0 Å². The topological polar surface area (TPSA) is 66.4 Å². The van der Waals surface area contributed by atoms with E-state index in [1.54, 1.807) is 0 Å². The summed E-state index contributed by atoms with van der Waals surface area (Å²) in [5, 5.41) is 9.46. The highest BCUT2D eigenvalue weighted by Crippen LogP contribution is 2.03. The first kappa shape index (κ1) is 15.2. The fourth-order valence-corrected chi connectivity index (χ4v) is 2.57. The molecule has 0 saturated carbocycles. The van der Waals surface area contributed by atoms with Gasteiger partial charge in [0.1, 0.15) is 0 Å². The van der Waals surface area contributed by atoms with Gasteiger partial charge in [0.2, 0.25) is 10.0 Å². The van der Waals surface area contributed by atoms with E-state index in [9.17, 15) is 13.5 Å². The molecule has 0 heterocycles. The van der Waals surface area contributed by atoms with Crippen molar-refractivity contribution in [2.75, 3.05) is 18.2 Å². The molecule has 0 aromatic carbocycles. The van der Waals surface area contributed by atoms with Gasteiger partial charge in [-0.25, -0.2) is 13.1 Å². The van der Waals surface area contributed by atoms with Crippen LogP contribution in [0.1, 0.15) is 26.7 Å². The van der Waals surface area contributed by atoms with Gasteiger partial charge in [-0.05, 0) is 18.8 Å². The highest BCUT2D eigenvalue weighted by atomic mass is 35.5. The monoisotopic (exact) mass is 257 g/mol. The minimum absolute atomic E-state index is 0.0187. The number of aliphatic hydroxyl groups is 1. The first-order valence-electron chi connectivity index (χ1n) is 5.08. The van der Waals surface area contributed by atoms with Crippen molar-refractivity contribution in [2.24, 2.45) is 5.92 Å². The lowest BCUT2D eigenvalue weighted by atomic mass is 10.1. The standard InChI is InChI=1S/C9H20ClNO3S/c1-8(2)6-9(12)7-11-15(13,14)5-3-4-10/h8-9,11-12H,3-7H2,1-2H3. The quantitative estimate of drug-likeness (QED) is 0.636. The van der Waals surface area contributed by atoms with Gasteiger partial charge < -0.3 is 5.11 Å². The van der Waals surface area contributed by atoms with Gasteiger partial charge >= 0.3 is 0 Å². The van der Waals surface area contributed by atoms with Crippen LogP contribution in [0.4, 0.5) is 0 Å². The van der Waals surface area contributed by atoms with Crippen LogP contribution < -0.4 is 4.72 Å². The SMILES string of the molecule is CC(C)CC(O)CNS(=O)(=O)CCCCl. The van der Waals surface area contributed by atoms with Gasteiger partial charge in [0, 0.05) is 12.4 Å². The van der Waals surface area contributed by atoms with E-state index in [4.69, 9.17) is 11.6 Å². The highest BCUT2D eigenvalue weighted by Gasteiger charge is 2.13. The van der Waals surface area contributed by atoms with Crippen LogP contribution in [0.3, 0.4) is 0 Å². The average Bonchev–Trinajstić information content (AvgIpc) is 2.11. The summed E-state index contributed by atoms with van der Waals surface area (Å²) >= 11 is 5.40. The molecule has 0 aliphatic carbocycles. The third-order valence-electron chi connectivity index (χ3n) is 1.83. The molecule has 0 bridgehead atoms. The van der Waals surface area contributed by atoms with E-state index in [-0.39, 0.29) is 12.3 Å². The zero-order chi connectivity index (χ0) is 11.9. The van der Waals surface area contributed by atoms with Crippen LogP contribution in [0.15, 0.2) is 0 Å². The van der Waals surface area contributed by atoms with Crippen LogP contribution in [0.25, 0.3) is 0 Å². The zero-order valence-corrected chi connectivity index (χ0v) is 10.8. The fraction of sp³-hybridized carbons (Fsp3) is 1.00. The van der Waals surface area contributed by atoms with Gasteiger partial charge in [0.05, 0.1) is 11.9 Å². The van der Waals surface area contributed by atoms with Crippen LogP contribution in [0, 0.1) is 5.92 Å². The van der Waals surface area contributed by atoms with Crippen molar-refractivity contribution in [2.45, 2.75) is 32.8 Å². The van der Waals surface area contributed by atoms with Crippen molar-refractivity contribution in [3.05, 3.63) is 0 Å². The van der Waals surface area contributed by atoms with Gasteiger partial charge in [0.25, 0.3) is 0 Å². The molecule has 0 aromatic heterocycles. The molecule has 92 valence electrons. The average molecular weight is 258 g/mol. The van der Waals surface area contributed by atoms with Gasteiger partial charge in [-0.15, -0.1) is 11.6 Å². The molecule has 0 saturated heterocycles. The van der Waals surface area contributed by atoms with Crippen molar-refractivity contribution in [1.29, 1.82) is 0 Å². The minimum atomic E-state index is -3.27. The summed E-state index contributed by atoms with van der Waals surface area (Å²) in [6, 6.07) is 0. The van der Waals surface area contributed by atoms with Crippen molar-refractivity contribution in [3.8, 4) is 0 Å². The molecule has 0 radical (unpaired) electrons. The molecule has 0 spiro atoms. The van der Waals surface area contributed by atoms with Gasteiger partial charge in [-0.3, -0.25) is 0 Å². The molecule has 4 nitrogen and oxygen atoms in total. The Balaban J connectivity index is 3.82. The van der Waals surface area contributed by atoms with E-state index in [2.05, 4.69) is 4.72 Å². The van der Waals surface area contributed by atoms with E-state index >= 15 is 0 Å². The summed E-state index contributed by atoms with van der Waals surface area (Å²) in [7, 11) is -3.27. The first-order valence-corrected chi connectivity index (χ1v) is 7.27. The predicted octanol–water partition coefficient (Wildman–Crippen LogP) is 0.942. The lowest BCUT2D eigenvalue weighted by Crippen LogP contribution is -2.34. The van der Waals surface area contributed by atoms with Crippen LogP contribution >= 0.6 is 11.6 Å². The largest absolute Gasteiger partial charge is 0.392 e. The normalized spacial score (nSPS) is 14.5. The Morgan fingerprint density at radius 2 is 2.00 bits per heavy atom. The Labute approximate surface area is 97.1 Å². The van der Waals surface area contributed by atoms with Gasteiger partial charge in [-0.1, -0.05) is 13.8 Å². The summed E-state index contributed by atoms with van der Waals surface area (Å²) in [5.74, 6) is 0.702. The summed E-state index contributed by atoms with van der Waals surface area (Å²) in [4.78, 5) is 0. The maximum absolute atomic E-state index is 11.3. The van der Waals surface area contributed by atoms with Gasteiger partial charge in [-0.2, -0.15) is 0 Å². The van der Waals surface area contributed by atoms with Crippen molar-refractivity contribution in [3.63, 3.8) is 0 Å². The Morgan fingerprint density at radius 1 is 1.40 bits per heavy atom. The fourth-order valence-electron chi connectivity index (χ4n) is 1.17. The number of hydrogen-bond donors (Lipinski definition) is 2. The Hall–Kier alpha value is 0.160. The van der Waals surface area contributed by atoms with Crippen molar-refractivity contribution < 1.29 is 13.5 Å². The Morgan fingerprint density at radius 3 is 2.47 bits per heavy atom. The van der Waals surface area contributed by atoms with E-state index in [0.29, 0.717) is 24.6 Å². The second-order valence-electron chi connectivity index (χ2n) is 3.99. The lowest BCUT2D eigenvalue weighted by molar-refractivity contribution is 0.152. The van der Waals surface area contributed by atoms with Crippen LogP contribution in [-0.2, 0) is 10.0 Å². The zero-order valence-electron chi connectivity index (χ0n) is 9.24. The number of sulfonamides is 1. The number of aliphatic hydroxyl groups excluding tert-OH is 1. The molecule has 2 N–H and O–H groups in total. The molecule has 0 fully saturated rings. The molecule has 0 amide bonds. The second-order valence-corrected chi connectivity index (χ2v) is 6.30. The number of hydrogen-bond acceptors (Lipinski definition) is 3. The van der Waals surface area contributed by atoms with E-state index in [1.165, 1.54) is 0 Å². The molecular formula is C9H20ClNO3S. The maximum atomic E-state index is 11.3. The predicted molar refractivity (Wildman–Crippen MR) is 62.6 cm³/mol. The van der Waals surface area contributed by atoms with Gasteiger partial charge in [0.15, 0.2) is 0 Å². The van der Waals surface area contributed by atoms with Crippen LogP contribution in [-0.4, -0.2) is 37.8 Å². The molecule has 0 aliphatic heterocycles. The lowest BCUT2D eigenvalue weighted by Gasteiger charge is -2.13. The Bertz CT molecular complexity index is 254. The molecule has 0 aromatic rings. The first-order chi connectivity index (χ1) is 6.87. The molecule has 1 atom stereocenters. The van der Waals surface area contributed by atoms with Crippen molar-refractivity contribution in [1.82, 2.24) is 4.72 Å². The van der Waals surface area contributed by atoms with E-state index in [1.807, 2.05) is 13.8 Å². The minimum Gasteiger partial charge on any atom is -0.392 e. The van der Waals surface area contributed by atoms with Crippen LogP contribution in [0.2, 0.25) is 0 Å². The number of halogens is 1. The number of rotatable bonds is 8. The second kappa shape index (κ2) is 7.44. The molecule has 1 unspecified atom stereocenters. The van der Waals surface area contributed by atoms with Crippen LogP contribution in [0.5, 0.6) is 0 Å². The smallest absolute Gasteiger partial charge is 0.211 e. The highest BCUT2D eigenvalue weighted by molar-refractivity contribution is 7.89. The molecular weight excluding hydrogens is 238 g/mol. The third-order valence-corrected chi connectivity index (χ3v) is 3.53. The summed E-state index contributed by atoms with van der Waals surface area (Å²) in [6.45, 7) is 4.04.